The van der Waals surface area contributed by atoms with Crippen molar-refractivity contribution >= 4 is 91.0 Å². The molecule has 1 atom stereocenters. The van der Waals surface area contributed by atoms with Gasteiger partial charge in [0.1, 0.15) is 23.0 Å². The summed E-state index contributed by atoms with van der Waals surface area (Å²) in [6.45, 7) is 1.53. The van der Waals surface area contributed by atoms with Crippen molar-refractivity contribution < 1.29 is 27.9 Å². The van der Waals surface area contributed by atoms with Gasteiger partial charge >= 0.3 is 0 Å². The van der Waals surface area contributed by atoms with Crippen molar-refractivity contribution in [1.82, 2.24) is 5.43 Å². The maximum Gasteiger partial charge on any atom is 0.265 e. The third kappa shape index (κ3) is 7.29. The number of benzene rings is 4. The summed E-state index contributed by atoms with van der Waals surface area (Å²) in [5.41, 5.74) is 3.74. The summed E-state index contributed by atoms with van der Waals surface area (Å²) >= 11 is 24.9. The van der Waals surface area contributed by atoms with Gasteiger partial charge in [-0.25, -0.2) is 18.4 Å². The Morgan fingerprint density at radius 3 is 2.16 bits per heavy atom. The monoisotopic (exact) mass is 706 g/mol. The van der Waals surface area contributed by atoms with Crippen LogP contribution in [0.5, 0.6) is 11.5 Å². The van der Waals surface area contributed by atoms with Crippen molar-refractivity contribution in [3.05, 3.63) is 99.0 Å². The SMILES string of the molecule is CC(Oc1ccc(S(=O)(=O)c2ccc(O)cc2)cc1)C(=O)Nc1ccc(Cl)c(N=C2CC(=O)N(c3c(Cl)cc(Cl)cc3Cl)N2)c1. The Morgan fingerprint density at radius 2 is 1.53 bits per heavy atom. The molecule has 1 unspecified atom stereocenters. The number of hydrogen-bond donors (Lipinski definition) is 3. The van der Waals surface area contributed by atoms with E-state index in [1.165, 1.54) is 84.7 Å². The Morgan fingerprint density at radius 1 is 0.933 bits per heavy atom. The van der Waals surface area contributed by atoms with Gasteiger partial charge in [0.25, 0.3) is 11.8 Å². The zero-order valence-corrected chi connectivity index (χ0v) is 26.9. The lowest BCUT2D eigenvalue weighted by Gasteiger charge is -2.19. The van der Waals surface area contributed by atoms with Gasteiger partial charge in [0.15, 0.2) is 6.10 Å². The van der Waals surface area contributed by atoms with Crippen LogP contribution in [0.15, 0.2) is 93.6 Å². The lowest BCUT2D eigenvalue weighted by molar-refractivity contribution is -0.122. The number of aliphatic imine (C=N–C) groups is 1. The summed E-state index contributed by atoms with van der Waals surface area (Å²) in [6.07, 6.45) is -1.06. The Labute approximate surface area is 278 Å². The minimum Gasteiger partial charge on any atom is -0.508 e. The summed E-state index contributed by atoms with van der Waals surface area (Å²) in [4.78, 5) is 30.1. The highest BCUT2D eigenvalue weighted by atomic mass is 35.5. The summed E-state index contributed by atoms with van der Waals surface area (Å²) in [5, 5.41) is 14.3. The van der Waals surface area contributed by atoms with Crippen molar-refractivity contribution in [2.75, 3.05) is 10.3 Å². The highest BCUT2D eigenvalue weighted by Crippen LogP contribution is 2.38. The molecule has 0 bridgehead atoms. The topological polar surface area (TPSA) is 137 Å². The van der Waals surface area contributed by atoms with Crippen LogP contribution in [0.2, 0.25) is 20.1 Å². The zero-order chi connectivity index (χ0) is 32.5. The van der Waals surface area contributed by atoms with Gasteiger partial charge in [-0.1, -0.05) is 46.4 Å². The molecule has 5 rings (SSSR count). The third-order valence-corrected chi connectivity index (χ3v) is 9.35. The first-order valence-corrected chi connectivity index (χ1v) is 16.0. The van der Waals surface area contributed by atoms with Crippen LogP contribution < -0.4 is 20.5 Å². The van der Waals surface area contributed by atoms with E-state index in [2.05, 4.69) is 15.7 Å². The Bertz CT molecular complexity index is 1910. The van der Waals surface area contributed by atoms with Crippen LogP contribution >= 0.6 is 46.4 Å². The molecule has 0 saturated carbocycles. The number of nitrogens with one attached hydrogen (secondary N) is 2. The van der Waals surface area contributed by atoms with Gasteiger partial charge in [0, 0.05) is 10.7 Å². The summed E-state index contributed by atoms with van der Waals surface area (Å²) in [5.74, 6) is -0.372. The van der Waals surface area contributed by atoms with Gasteiger partial charge in [0.05, 0.1) is 37.0 Å². The van der Waals surface area contributed by atoms with Crippen LogP contribution in [0, 0.1) is 0 Å². The molecule has 1 saturated heterocycles. The number of halogens is 4. The van der Waals surface area contributed by atoms with E-state index in [0.717, 1.165) is 0 Å². The number of amides is 2. The zero-order valence-electron chi connectivity index (χ0n) is 23.1. The van der Waals surface area contributed by atoms with Gasteiger partial charge in [-0.2, -0.15) is 0 Å². The molecule has 1 fully saturated rings. The Kier molecular flexibility index (Phi) is 9.47. The number of hydrazine groups is 1. The van der Waals surface area contributed by atoms with Crippen molar-refractivity contribution in [2.24, 2.45) is 4.99 Å². The lowest BCUT2D eigenvalue weighted by atomic mass is 10.2. The lowest BCUT2D eigenvalue weighted by Crippen LogP contribution is -2.36. The van der Waals surface area contributed by atoms with Gasteiger partial charge < -0.3 is 15.2 Å². The average Bonchev–Trinajstić information content (AvgIpc) is 3.33. The fourth-order valence-electron chi connectivity index (χ4n) is 4.23. The Balaban J connectivity index is 1.25. The number of rotatable bonds is 8. The molecule has 0 radical (unpaired) electrons. The molecule has 4 aromatic carbocycles. The van der Waals surface area contributed by atoms with Gasteiger partial charge in [0.2, 0.25) is 9.84 Å². The van der Waals surface area contributed by atoms with Gasteiger partial charge in [-0.3, -0.25) is 15.0 Å². The summed E-state index contributed by atoms with van der Waals surface area (Å²) in [6, 6.07) is 18.4. The van der Waals surface area contributed by atoms with E-state index in [9.17, 15) is 23.1 Å². The number of sulfone groups is 1. The van der Waals surface area contributed by atoms with E-state index < -0.39 is 21.8 Å². The molecule has 45 heavy (non-hydrogen) atoms. The number of hydrogen-bond acceptors (Lipinski definition) is 7. The molecule has 232 valence electrons. The fraction of sp³-hybridized carbons (Fsp3) is 0.100. The number of aromatic hydroxyl groups is 1. The standard InChI is InChI=1S/C30H22Cl4N4O6S/c1-16(44-20-5-9-22(10-6-20)45(42,43)21-7-3-19(39)4-8-21)30(41)35-18-2-11-23(32)26(14-18)36-27-15-28(40)38(37-27)29-24(33)12-17(31)13-25(29)34/h2-14,16,39H,15H2,1H3,(H,35,41)(H,36,37). The molecule has 0 spiro atoms. The molecule has 1 aliphatic rings. The molecule has 0 aromatic heterocycles. The second kappa shape index (κ2) is 13.2. The Hall–Kier alpha value is -4.00. The first kappa shape index (κ1) is 32.4. The highest BCUT2D eigenvalue weighted by molar-refractivity contribution is 7.91. The molecule has 15 heteroatoms. The van der Waals surface area contributed by atoms with Crippen LogP contribution in [0.1, 0.15) is 13.3 Å². The number of amidine groups is 1. The first-order valence-electron chi connectivity index (χ1n) is 13.0. The predicted molar refractivity (Wildman–Crippen MR) is 174 cm³/mol. The van der Waals surface area contributed by atoms with Crippen molar-refractivity contribution in [1.29, 1.82) is 0 Å². The van der Waals surface area contributed by atoms with Crippen LogP contribution in [0.3, 0.4) is 0 Å². The molecule has 1 heterocycles. The number of carbonyl (C=O) groups excluding carboxylic acids is 2. The number of carbonyl (C=O) groups is 2. The van der Waals surface area contributed by atoms with Gasteiger partial charge in [-0.15, -0.1) is 0 Å². The second-order valence-electron chi connectivity index (χ2n) is 9.68. The average molecular weight is 708 g/mol. The number of phenolic OH excluding ortho intramolecular Hbond substituents is 1. The first-order chi connectivity index (χ1) is 21.3. The van der Waals surface area contributed by atoms with Crippen molar-refractivity contribution in [3.63, 3.8) is 0 Å². The molecule has 3 N–H and O–H groups in total. The molecule has 1 aliphatic heterocycles. The van der Waals surface area contributed by atoms with E-state index in [1.807, 2.05) is 0 Å². The van der Waals surface area contributed by atoms with Crippen LogP contribution in [-0.2, 0) is 19.4 Å². The molecular formula is C30H22Cl4N4O6S. The molecule has 4 aromatic rings. The van der Waals surface area contributed by atoms with E-state index in [-0.39, 0.29) is 65.9 Å². The van der Waals surface area contributed by atoms with E-state index >= 15 is 0 Å². The van der Waals surface area contributed by atoms with E-state index in [4.69, 9.17) is 51.1 Å². The molecule has 2 amide bonds. The predicted octanol–water partition coefficient (Wildman–Crippen LogP) is 7.22. The maximum atomic E-state index is 12.9. The maximum absolute atomic E-state index is 12.9. The van der Waals surface area contributed by atoms with E-state index in [1.54, 1.807) is 6.07 Å². The van der Waals surface area contributed by atoms with Crippen LogP contribution in [-0.4, -0.2) is 37.3 Å². The van der Waals surface area contributed by atoms with Crippen LogP contribution in [0.4, 0.5) is 17.1 Å². The number of anilines is 2. The normalized spacial score (nSPS) is 14.7. The minimum absolute atomic E-state index is 0.0221. The van der Waals surface area contributed by atoms with Crippen molar-refractivity contribution in [3.8, 4) is 11.5 Å². The molecule has 10 nitrogen and oxygen atoms in total. The minimum atomic E-state index is -3.81. The third-order valence-electron chi connectivity index (χ3n) is 6.45. The van der Waals surface area contributed by atoms with E-state index in [0.29, 0.717) is 10.7 Å². The van der Waals surface area contributed by atoms with Gasteiger partial charge in [-0.05, 0) is 85.8 Å². The second-order valence-corrected chi connectivity index (χ2v) is 13.3. The number of ether oxygens (including phenoxy) is 1. The smallest absolute Gasteiger partial charge is 0.265 e. The number of phenols is 1. The fourth-order valence-corrected chi connectivity index (χ4v) is 6.64. The van der Waals surface area contributed by atoms with Crippen molar-refractivity contribution in [2.45, 2.75) is 29.2 Å². The number of nitrogens with zero attached hydrogens (tertiary/aromatic N) is 2. The summed E-state index contributed by atoms with van der Waals surface area (Å²) in [7, 11) is -3.81. The largest absolute Gasteiger partial charge is 0.508 e. The van der Waals surface area contributed by atoms with Crippen LogP contribution in [0.25, 0.3) is 0 Å². The molecular weight excluding hydrogens is 686 g/mol. The highest BCUT2D eigenvalue weighted by Gasteiger charge is 2.30. The quantitative estimate of drug-likeness (QED) is 0.176. The summed E-state index contributed by atoms with van der Waals surface area (Å²) < 4.78 is 31.4. The molecule has 0 aliphatic carbocycles.